The molecule has 1 heterocycles. The first-order chi connectivity index (χ1) is 16.9. The molecule has 10 heteroatoms. The van der Waals surface area contributed by atoms with E-state index in [9.17, 15) is 14.9 Å². The lowest BCUT2D eigenvalue weighted by Gasteiger charge is -2.17. The lowest BCUT2D eigenvalue weighted by atomic mass is 10.2. The Morgan fingerprint density at radius 2 is 1.69 bits per heavy atom. The van der Waals surface area contributed by atoms with E-state index in [1.165, 1.54) is 31.2 Å². The SMILES string of the molecule is O=C(N/N=C\c1cc(Cl)c(OCc2ccc([N+](=O)[O-])cc2)c(Cl)c1)c1ccc(N2CCCC2)cc1. The van der Waals surface area contributed by atoms with Crippen molar-refractivity contribution in [3.63, 3.8) is 0 Å². The second kappa shape index (κ2) is 11.2. The van der Waals surface area contributed by atoms with Crippen molar-refractivity contribution in [2.24, 2.45) is 5.10 Å². The lowest BCUT2D eigenvalue weighted by molar-refractivity contribution is -0.384. The van der Waals surface area contributed by atoms with Crippen molar-refractivity contribution in [3.8, 4) is 5.75 Å². The van der Waals surface area contributed by atoms with Crippen molar-refractivity contribution in [2.45, 2.75) is 19.4 Å². The van der Waals surface area contributed by atoms with E-state index in [0.717, 1.165) is 24.3 Å². The number of hydrazone groups is 1. The van der Waals surface area contributed by atoms with Crippen LogP contribution in [0.1, 0.15) is 34.3 Å². The van der Waals surface area contributed by atoms with Gasteiger partial charge in [-0.1, -0.05) is 23.2 Å². The fraction of sp³-hybridized carbons (Fsp3) is 0.200. The molecule has 3 aromatic rings. The van der Waals surface area contributed by atoms with Gasteiger partial charge in [-0.25, -0.2) is 5.43 Å². The summed E-state index contributed by atoms with van der Waals surface area (Å²) in [5.74, 6) is -0.0413. The van der Waals surface area contributed by atoms with Gasteiger partial charge in [-0.15, -0.1) is 0 Å². The Labute approximate surface area is 212 Å². The number of amides is 1. The number of anilines is 1. The van der Waals surface area contributed by atoms with Gasteiger partial charge in [0.15, 0.2) is 5.75 Å². The lowest BCUT2D eigenvalue weighted by Crippen LogP contribution is -2.19. The predicted octanol–water partition coefficient (Wildman–Crippen LogP) is 5.84. The normalized spacial score (nSPS) is 13.3. The highest BCUT2D eigenvalue weighted by Crippen LogP contribution is 2.34. The van der Waals surface area contributed by atoms with E-state index >= 15 is 0 Å². The van der Waals surface area contributed by atoms with Crippen LogP contribution in [0.3, 0.4) is 0 Å². The largest absolute Gasteiger partial charge is 0.486 e. The minimum atomic E-state index is -0.466. The number of nitrogens with zero attached hydrogens (tertiary/aromatic N) is 3. The number of nitro groups is 1. The van der Waals surface area contributed by atoms with Crippen LogP contribution in [0.2, 0.25) is 10.0 Å². The molecule has 4 rings (SSSR count). The van der Waals surface area contributed by atoms with Gasteiger partial charge in [-0.05, 0) is 72.5 Å². The highest BCUT2D eigenvalue weighted by atomic mass is 35.5. The maximum atomic E-state index is 12.4. The molecule has 0 spiro atoms. The maximum absolute atomic E-state index is 12.4. The second-order valence-corrected chi connectivity index (χ2v) is 8.78. The van der Waals surface area contributed by atoms with E-state index in [4.69, 9.17) is 27.9 Å². The third kappa shape index (κ3) is 6.29. The van der Waals surface area contributed by atoms with Gasteiger partial charge < -0.3 is 9.64 Å². The van der Waals surface area contributed by atoms with Crippen LogP contribution in [0.25, 0.3) is 0 Å². The predicted molar refractivity (Wildman–Crippen MR) is 137 cm³/mol. The molecule has 0 bridgehead atoms. The van der Waals surface area contributed by atoms with Crippen LogP contribution >= 0.6 is 23.2 Å². The van der Waals surface area contributed by atoms with Crippen molar-refractivity contribution < 1.29 is 14.5 Å². The Bertz CT molecular complexity index is 1220. The number of nitrogens with one attached hydrogen (secondary N) is 1. The zero-order valence-corrected chi connectivity index (χ0v) is 20.1. The standard InChI is InChI=1S/C25H22Cl2N4O4/c26-22-13-18(14-23(27)24(22)35-16-17-3-7-21(8-4-17)31(33)34)15-28-29-25(32)19-5-9-20(10-6-19)30-11-1-2-12-30/h3-10,13-15H,1-2,11-12,16H2,(H,29,32)/b28-15-. The van der Waals surface area contributed by atoms with Gasteiger partial charge >= 0.3 is 0 Å². The number of hydrogen-bond acceptors (Lipinski definition) is 6. The van der Waals surface area contributed by atoms with Crippen LogP contribution < -0.4 is 15.1 Å². The summed E-state index contributed by atoms with van der Waals surface area (Å²) in [5.41, 5.74) is 5.43. The number of nitro benzene ring substituents is 1. The minimum absolute atomic E-state index is 0.000333. The zero-order valence-electron chi connectivity index (χ0n) is 18.6. The number of carbonyl (C=O) groups is 1. The summed E-state index contributed by atoms with van der Waals surface area (Å²) < 4.78 is 5.70. The average molecular weight is 513 g/mol. The number of carbonyl (C=O) groups excluding carboxylic acids is 1. The van der Waals surface area contributed by atoms with E-state index in [-0.39, 0.29) is 34.0 Å². The highest BCUT2D eigenvalue weighted by Gasteiger charge is 2.13. The van der Waals surface area contributed by atoms with Crippen LogP contribution in [-0.2, 0) is 6.61 Å². The van der Waals surface area contributed by atoms with Crippen molar-refractivity contribution in [2.75, 3.05) is 18.0 Å². The quantitative estimate of drug-likeness (QED) is 0.232. The average Bonchev–Trinajstić information content (AvgIpc) is 3.39. The first kappa shape index (κ1) is 24.5. The van der Waals surface area contributed by atoms with Gasteiger partial charge in [0.2, 0.25) is 0 Å². The molecule has 0 aliphatic carbocycles. The van der Waals surface area contributed by atoms with Gasteiger partial charge in [0.25, 0.3) is 11.6 Å². The smallest absolute Gasteiger partial charge is 0.271 e. The van der Waals surface area contributed by atoms with Gasteiger partial charge in [0, 0.05) is 36.5 Å². The first-order valence-corrected chi connectivity index (χ1v) is 11.7. The third-order valence-electron chi connectivity index (χ3n) is 5.53. The number of ether oxygens (including phenoxy) is 1. The molecule has 8 nitrogen and oxygen atoms in total. The van der Waals surface area contributed by atoms with Crippen LogP contribution in [0.5, 0.6) is 5.75 Å². The minimum Gasteiger partial charge on any atom is -0.486 e. The molecular formula is C25H22Cl2N4O4. The highest BCUT2D eigenvalue weighted by molar-refractivity contribution is 6.37. The number of non-ortho nitro benzene ring substituents is 1. The van der Waals surface area contributed by atoms with Crippen molar-refractivity contribution >= 4 is 46.7 Å². The molecule has 1 amide bonds. The fourth-order valence-electron chi connectivity index (χ4n) is 3.69. The maximum Gasteiger partial charge on any atom is 0.271 e. The summed E-state index contributed by atoms with van der Waals surface area (Å²) in [6.45, 7) is 2.22. The number of rotatable bonds is 8. The number of halogens is 2. The van der Waals surface area contributed by atoms with Crippen LogP contribution in [0.15, 0.2) is 65.8 Å². The second-order valence-electron chi connectivity index (χ2n) is 7.97. The molecule has 1 saturated heterocycles. The van der Waals surface area contributed by atoms with E-state index < -0.39 is 4.92 Å². The molecular weight excluding hydrogens is 491 g/mol. The molecule has 35 heavy (non-hydrogen) atoms. The molecule has 0 atom stereocenters. The first-order valence-electron chi connectivity index (χ1n) is 10.9. The summed E-state index contributed by atoms with van der Waals surface area (Å²) >= 11 is 12.6. The van der Waals surface area contributed by atoms with Crippen LogP contribution in [0.4, 0.5) is 11.4 Å². The molecule has 1 N–H and O–H groups in total. The fourth-order valence-corrected chi connectivity index (χ4v) is 4.30. The molecule has 1 aliphatic rings. The van der Waals surface area contributed by atoms with Crippen molar-refractivity contribution in [1.82, 2.24) is 5.43 Å². The van der Waals surface area contributed by atoms with E-state index in [2.05, 4.69) is 15.4 Å². The molecule has 0 unspecified atom stereocenters. The molecule has 180 valence electrons. The van der Waals surface area contributed by atoms with Gasteiger partial charge in [-0.2, -0.15) is 5.10 Å². The van der Waals surface area contributed by atoms with E-state index in [0.29, 0.717) is 11.1 Å². The number of hydrogen-bond donors (Lipinski definition) is 1. The molecule has 3 aromatic carbocycles. The number of benzene rings is 3. The monoisotopic (exact) mass is 512 g/mol. The Hall–Kier alpha value is -3.62. The molecule has 1 aliphatic heterocycles. The van der Waals surface area contributed by atoms with Gasteiger partial charge in [-0.3, -0.25) is 14.9 Å². The van der Waals surface area contributed by atoms with Gasteiger partial charge in [0.1, 0.15) is 6.61 Å². The molecule has 0 radical (unpaired) electrons. The van der Waals surface area contributed by atoms with Crippen LogP contribution in [-0.4, -0.2) is 30.1 Å². The summed E-state index contributed by atoms with van der Waals surface area (Å²) in [6.07, 6.45) is 3.82. The third-order valence-corrected chi connectivity index (χ3v) is 6.09. The Balaban J connectivity index is 1.34. The molecule has 0 aromatic heterocycles. The summed E-state index contributed by atoms with van der Waals surface area (Å²) in [5, 5.41) is 15.3. The summed E-state index contributed by atoms with van der Waals surface area (Å²) in [6, 6.07) is 16.7. The Morgan fingerprint density at radius 1 is 1.06 bits per heavy atom. The summed E-state index contributed by atoms with van der Waals surface area (Å²) in [4.78, 5) is 25.0. The zero-order chi connectivity index (χ0) is 24.8. The molecule has 1 fully saturated rings. The van der Waals surface area contributed by atoms with E-state index in [1.54, 1.807) is 36.4 Å². The summed E-state index contributed by atoms with van der Waals surface area (Å²) in [7, 11) is 0. The Morgan fingerprint density at radius 3 is 2.29 bits per heavy atom. The van der Waals surface area contributed by atoms with Gasteiger partial charge in [0.05, 0.1) is 21.2 Å². The molecule has 0 saturated carbocycles. The van der Waals surface area contributed by atoms with Crippen LogP contribution in [0, 0.1) is 10.1 Å². The van der Waals surface area contributed by atoms with Crippen molar-refractivity contribution in [1.29, 1.82) is 0 Å². The van der Waals surface area contributed by atoms with Crippen molar-refractivity contribution in [3.05, 3.63) is 97.5 Å². The topological polar surface area (TPSA) is 97.1 Å². The van der Waals surface area contributed by atoms with E-state index in [1.807, 2.05) is 12.1 Å². The Kier molecular flexibility index (Phi) is 7.84.